The largest absolute Gasteiger partial charge is 0.446 e. The summed E-state index contributed by atoms with van der Waals surface area (Å²) in [7, 11) is 6.44. The van der Waals surface area contributed by atoms with Gasteiger partial charge in [-0.15, -0.1) is 0 Å². The van der Waals surface area contributed by atoms with E-state index in [4.69, 9.17) is 19.4 Å². The molecule has 0 saturated heterocycles. The standard InChI is InChI=1S/C21H18BClF6N4O2S/c22-20(12-9-30-11-31-10-12,18(35)32-13-5-7-19(25,26)8-6-13)33(17(34)16(23)24)14-1-3-15(4-2-14)36-21(27,28)29/h1-4,9-11,13,16H,5-8H2,(H,32,35)/t16-,20+/m0/s1. The van der Waals surface area contributed by atoms with E-state index < -0.39 is 65.0 Å². The van der Waals surface area contributed by atoms with Crippen molar-refractivity contribution in [1.82, 2.24) is 15.3 Å². The number of anilines is 1. The van der Waals surface area contributed by atoms with Crippen LogP contribution in [0.1, 0.15) is 31.2 Å². The van der Waals surface area contributed by atoms with E-state index in [1.165, 1.54) is 0 Å². The highest BCUT2D eigenvalue weighted by atomic mass is 35.5. The number of aromatic nitrogens is 2. The van der Waals surface area contributed by atoms with Crippen molar-refractivity contribution < 1.29 is 35.9 Å². The number of nitrogens with one attached hydrogen (secondary N) is 1. The number of hydrogen-bond donors (Lipinski definition) is 1. The molecule has 1 aromatic heterocycles. The van der Waals surface area contributed by atoms with Crippen molar-refractivity contribution in [2.75, 3.05) is 4.90 Å². The van der Waals surface area contributed by atoms with E-state index in [9.17, 15) is 35.9 Å². The fourth-order valence-electron chi connectivity index (χ4n) is 3.74. The molecule has 1 aliphatic rings. The predicted octanol–water partition coefficient (Wildman–Crippen LogP) is 4.67. The van der Waals surface area contributed by atoms with Gasteiger partial charge in [0.25, 0.3) is 11.5 Å². The molecule has 0 aliphatic heterocycles. The molecule has 1 fully saturated rings. The second kappa shape index (κ2) is 10.9. The molecule has 1 aliphatic carbocycles. The number of nitrogens with zero attached hydrogens (tertiary/aromatic N) is 3. The Morgan fingerprint density at radius 2 is 1.69 bits per heavy atom. The van der Waals surface area contributed by atoms with Gasteiger partial charge in [0.05, 0.1) is 0 Å². The van der Waals surface area contributed by atoms with Gasteiger partial charge in [-0.05, 0) is 48.9 Å². The van der Waals surface area contributed by atoms with Gasteiger partial charge in [0.1, 0.15) is 19.6 Å². The van der Waals surface area contributed by atoms with Gasteiger partial charge in [0.2, 0.25) is 11.8 Å². The zero-order valence-corrected chi connectivity index (χ0v) is 19.9. The van der Waals surface area contributed by atoms with Gasteiger partial charge in [-0.3, -0.25) is 14.5 Å². The molecule has 1 heterocycles. The topological polar surface area (TPSA) is 75.2 Å². The molecule has 15 heteroatoms. The fraction of sp³-hybridized carbons (Fsp3) is 0.429. The Morgan fingerprint density at radius 3 is 2.19 bits per heavy atom. The lowest BCUT2D eigenvalue weighted by Gasteiger charge is -2.42. The zero-order valence-electron chi connectivity index (χ0n) is 18.3. The summed E-state index contributed by atoms with van der Waals surface area (Å²) in [4.78, 5) is 34.2. The highest BCUT2D eigenvalue weighted by molar-refractivity contribution is 8.00. The number of amides is 2. The van der Waals surface area contributed by atoms with E-state index in [0.29, 0.717) is 4.90 Å². The summed E-state index contributed by atoms with van der Waals surface area (Å²) in [6.07, 6.45) is 2.12. The maximum atomic E-state index is 14.1. The minimum atomic E-state index is -4.59. The van der Waals surface area contributed by atoms with Gasteiger partial charge in [-0.1, -0.05) is 11.6 Å². The molecule has 192 valence electrons. The summed E-state index contributed by atoms with van der Waals surface area (Å²) in [5, 5.41) is 2.52. The quantitative estimate of drug-likeness (QED) is 0.235. The first-order valence-electron chi connectivity index (χ1n) is 10.4. The van der Waals surface area contributed by atoms with Crippen LogP contribution in [0.25, 0.3) is 0 Å². The van der Waals surface area contributed by atoms with Gasteiger partial charge in [0, 0.05) is 47.4 Å². The van der Waals surface area contributed by atoms with E-state index >= 15 is 0 Å². The maximum absolute atomic E-state index is 14.1. The predicted molar refractivity (Wildman–Crippen MR) is 121 cm³/mol. The second-order valence-electron chi connectivity index (χ2n) is 8.01. The molecule has 1 saturated carbocycles. The summed E-state index contributed by atoms with van der Waals surface area (Å²) in [5.41, 5.74) is -10.3. The third-order valence-corrected chi connectivity index (χ3v) is 6.41. The first-order chi connectivity index (χ1) is 16.7. The summed E-state index contributed by atoms with van der Waals surface area (Å²) in [5.74, 6) is -5.46. The summed E-state index contributed by atoms with van der Waals surface area (Å²) < 4.78 is 79.4. The molecule has 6 nitrogen and oxygen atoms in total. The first kappa shape index (κ1) is 28.1. The van der Waals surface area contributed by atoms with Gasteiger partial charge in [-0.2, -0.15) is 13.2 Å². The lowest BCUT2D eigenvalue weighted by atomic mass is 9.69. The Labute approximate surface area is 212 Å². The van der Waals surface area contributed by atoms with Crippen LogP contribution in [0.3, 0.4) is 0 Å². The van der Waals surface area contributed by atoms with Crippen molar-refractivity contribution in [3.8, 4) is 0 Å². The Bertz CT molecular complexity index is 1070. The van der Waals surface area contributed by atoms with Crippen molar-refractivity contribution in [3.05, 3.63) is 48.5 Å². The van der Waals surface area contributed by atoms with Crippen molar-refractivity contribution in [2.24, 2.45) is 0 Å². The van der Waals surface area contributed by atoms with E-state index in [1.54, 1.807) is 0 Å². The van der Waals surface area contributed by atoms with Crippen molar-refractivity contribution in [2.45, 2.75) is 59.1 Å². The molecule has 1 aromatic carbocycles. The highest BCUT2D eigenvalue weighted by Gasteiger charge is 2.47. The van der Waals surface area contributed by atoms with Crippen LogP contribution in [-0.4, -0.2) is 52.7 Å². The third kappa shape index (κ3) is 6.64. The number of benzene rings is 1. The van der Waals surface area contributed by atoms with Gasteiger partial charge >= 0.3 is 5.51 Å². The smallest absolute Gasteiger partial charge is 0.352 e. The van der Waals surface area contributed by atoms with Gasteiger partial charge in [-0.25, -0.2) is 23.1 Å². The summed E-state index contributed by atoms with van der Waals surface area (Å²) in [6, 6.07) is 3.33. The second-order valence-corrected chi connectivity index (χ2v) is 9.53. The lowest BCUT2D eigenvalue weighted by molar-refractivity contribution is -0.130. The van der Waals surface area contributed by atoms with E-state index in [0.717, 1.165) is 43.0 Å². The van der Waals surface area contributed by atoms with Crippen LogP contribution in [0.15, 0.2) is 47.9 Å². The zero-order chi connectivity index (χ0) is 26.7. The van der Waals surface area contributed by atoms with E-state index in [2.05, 4.69) is 15.3 Å². The number of alkyl halides is 7. The van der Waals surface area contributed by atoms with Crippen LogP contribution in [0, 0.1) is 0 Å². The number of halogens is 7. The summed E-state index contributed by atoms with van der Waals surface area (Å²) in [6.45, 7) is 0. The average Bonchev–Trinajstić information content (AvgIpc) is 2.81. The molecule has 0 unspecified atom stereocenters. The van der Waals surface area contributed by atoms with Crippen molar-refractivity contribution in [1.29, 1.82) is 0 Å². The first-order valence-corrected chi connectivity index (χ1v) is 11.7. The molecular weight excluding hydrogens is 533 g/mol. The molecule has 0 bridgehead atoms. The molecule has 2 atom stereocenters. The molecular formula is C21H18BClF6N4O2S. The van der Waals surface area contributed by atoms with Crippen LogP contribution in [-0.2, 0) is 15.0 Å². The monoisotopic (exact) mass is 550 g/mol. The minimum absolute atomic E-state index is 0.0847. The number of rotatable bonds is 7. The van der Waals surface area contributed by atoms with Crippen molar-refractivity contribution in [3.63, 3.8) is 0 Å². The number of carbonyl (C=O) groups is 2. The number of thioether (sulfide) groups is 1. The van der Waals surface area contributed by atoms with Crippen LogP contribution in [0.4, 0.5) is 32.0 Å². The highest BCUT2D eigenvalue weighted by Crippen LogP contribution is 2.39. The van der Waals surface area contributed by atoms with E-state index in [1.807, 2.05) is 0 Å². The Balaban J connectivity index is 2.04. The SMILES string of the molecule is [B][C@](C(=O)NC1CCC(F)(F)CC1)(c1cncnc1)N(C(=O)[C@H](F)Cl)c1ccc(SC(F)(F)F)cc1. The lowest BCUT2D eigenvalue weighted by Crippen LogP contribution is -2.62. The molecule has 2 radical (unpaired) electrons. The minimum Gasteiger partial charge on any atom is -0.352 e. The third-order valence-electron chi connectivity index (χ3n) is 5.49. The fourth-order valence-corrected chi connectivity index (χ4v) is 4.37. The van der Waals surface area contributed by atoms with E-state index in [-0.39, 0.29) is 29.0 Å². The van der Waals surface area contributed by atoms with Gasteiger partial charge in [0.15, 0.2) is 0 Å². The maximum Gasteiger partial charge on any atom is 0.446 e. The Kier molecular flexibility index (Phi) is 8.49. The Morgan fingerprint density at radius 1 is 1.14 bits per heavy atom. The van der Waals surface area contributed by atoms with Crippen LogP contribution >= 0.6 is 23.4 Å². The summed E-state index contributed by atoms with van der Waals surface area (Å²) >= 11 is 4.97. The van der Waals surface area contributed by atoms with Crippen LogP contribution < -0.4 is 10.2 Å². The number of hydrogen-bond acceptors (Lipinski definition) is 5. The molecule has 2 amide bonds. The van der Waals surface area contributed by atoms with Crippen LogP contribution in [0.5, 0.6) is 0 Å². The van der Waals surface area contributed by atoms with Gasteiger partial charge < -0.3 is 5.32 Å². The Hall–Kier alpha value is -2.48. The van der Waals surface area contributed by atoms with Crippen LogP contribution in [0.2, 0.25) is 0 Å². The molecule has 0 spiro atoms. The average molecular weight is 551 g/mol. The molecule has 3 rings (SSSR count). The molecule has 2 aromatic rings. The van der Waals surface area contributed by atoms with Crippen molar-refractivity contribution >= 4 is 48.7 Å². The normalized spacial score (nSPS) is 18.6. The molecule has 1 N–H and O–H groups in total. The number of carbonyl (C=O) groups excluding carboxylic acids is 2. The molecule has 36 heavy (non-hydrogen) atoms.